The number of nitrogens with zero attached hydrogens (tertiary/aromatic N) is 1. The molecule has 2 rings (SSSR count). The monoisotopic (exact) mass is 182 g/mol. The van der Waals surface area contributed by atoms with E-state index in [4.69, 9.17) is 5.73 Å². The van der Waals surface area contributed by atoms with Crippen LogP contribution in [-0.4, -0.2) is 30.6 Å². The molecule has 1 aliphatic carbocycles. The quantitative estimate of drug-likeness (QED) is 0.713. The van der Waals surface area contributed by atoms with Crippen LogP contribution in [0.3, 0.4) is 0 Å². The van der Waals surface area contributed by atoms with Crippen molar-refractivity contribution in [2.75, 3.05) is 19.6 Å². The van der Waals surface area contributed by atoms with Crippen molar-refractivity contribution in [2.24, 2.45) is 17.6 Å². The van der Waals surface area contributed by atoms with Crippen molar-refractivity contribution in [1.82, 2.24) is 4.90 Å². The van der Waals surface area contributed by atoms with E-state index in [0.29, 0.717) is 6.04 Å². The predicted molar refractivity (Wildman–Crippen MR) is 55.5 cm³/mol. The lowest BCUT2D eigenvalue weighted by Gasteiger charge is -2.25. The van der Waals surface area contributed by atoms with Crippen molar-refractivity contribution < 1.29 is 0 Å². The van der Waals surface area contributed by atoms with Crippen LogP contribution >= 0.6 is 0 Å². The van der Waals surface area contributed by atoms with Crippen LogP contribution in [0.1, 0.15) is 32.6 Å². The summed E-state index contributed by atoms with van der Waals surface area (Å²) in [5, 5.41) is 0. The van der Waals surface area contributed by atoms with Crippen molar-refractivity contribution in [3.63, 3.8) is 0 Å². The number of nitrogens with two attached hydrogens (primary N) is 1. The zero-order chi connectivity index (χ0) is 9.26. The number of hydrogen-bond donors (Lipinski definition) is 1. The summed E-state index contributed by atoms with van der Waals surface area (Å²) in [6, 6.07) is 0.679. The largest absolute Gasteiger partial charge is 0.329 e. The van der Waals surface area contributed by atoms with Crippen molar-refractivity contribution in [3.05, 3.63) is 0 Å². The first-order chi connectivity index (χ1) is 6.31. The highest BCUT2D eigenvalue weighted by molar-refractivity contribution is 4.86. The highest BCUT2D eigenvalue weighted by Crippen LogP contribution is 2.33. The molecule has 0 amide bonds. The molecule has 2 fully saturated rings. The molecule has 2 N–H and O–H groups in total. The van der Waals surface area contributed by atoms with Gasteiger partial charge in [0.2, 0.25) is 0 Å². The maximum Gasteiger partial charge on any atom is 0.0244 e. The molecule has 0 radical (unpaired) electrons. The van der Waals surface area contributed by atoms with Gasteiger partial charge in [0.1, 0.15) is 0 Å². The summed E-state index contributed by atoms with van der Waals surface area (Å²) in [6.45, 7) is 5.78. The Labute approximate surface area is 81.5 Å². The van der Waals surface area contributed by atoms with Gasteiger partial charge in [-0.2, -0.15) is 0 Å². The third-order valence-corrected chi connectivity index (χ3v) is 3.76. The van der Waals surface area contributed by atoms with Crippen LogP contribution in [0.15, 0.2) is 0 Å². The third-order valence-electron chi connectivity index (χ3n) is 3.76. The summed E-state index contributed by atoms with van der Waals surface area (Å²) in [4.78, 5) is 2.61. The van der Waals surface area contributed by atoms with Gasteiger partial charge in [0.05, 0.1) is 0 Å². The van der Waals surface area contributed by atoms with E-state index in [-0.39, 0.29) is 0 Å². The van der Waals surface area contributed by atoms with Crippen molar-refractivity contribution >= 4 is 0 Å². The molecule has 76 valence electrons. The summed E-state index contributed by atoms with van der Waals surface area (Å²) in [5.74, 6) is 1.89. The molecular weight excluding hydrogens is 160 g/mol. The average molecular weight is 182 g/mol. The van der Waals surface area contributed by atoms with Gasteiger partial charge in [-0.3, -0.25) is 4.90 Å². The zero-order valence-electron chi connectivity index (χ0n) is 8.71. The molecule has 2 unspecified atom stereocenters. The Kier molecular flexibility index (Phi) is 2.89. The molecule has 0 bridgehead atoms. The van der Waals surface area contributed by atoms with E-state index in [1.54, 1.807) is 0 Å². The summed E-state index contributed by atoms with van der Waals surface area (Å²) in [5.41, 5.74) is 5.79. The maximum absolute atomic E-state index is 5.79. The minimum absolute atomic E-state index is 0.679. The lowest BCUT2D eigenvalue weighted by atomic mass is 10.0. The van der Waals surface area contributed by atoms with Crippen molar-refractivity contribution in [3.8, 4) is 0 Å². The molecule has 13 heavy (non-hydrogen) atoms. The molecule has 1 saturated carbocycles. The Morgan fingerprint density at radius 3 is 2.69 bits per heavy atom. The average Bonchev–Trinajstić information content (AvgIpc) is 2.88. The fourth-order valence-corrected chi connectivity index (χ4v) is 2.50. The van der Waals surface area contributed by atoms with Gasteiger partial charge in [-0.1, -0.05) is 19.8 Å². The Morgan fingerprint density at radius 2 is 2.08 bits per heavy atom. The van der Waals surface area contributed by atoms with Gasteiger partial charge in [-0.05, 0) is 37.8 Å². The Bertz CT molecular complexity index is 165. The Morgan fingerprint density at radius 1 is 1.31 bits per heavy atom. The predicted octanol–water partition coefficient (Wildman–Crippen LogP) is 1.46. The molecular formula is C11H22N2. The lowest BCUT2D eigenvalue weighted by molar-refractivity contribution is 0.230. The standard InChI is InChI=1S/C11H22N2/c1-9-4-6-13(11(9)8-12)7-5-10-2-3-10/h9-11H,2-8,12H2,1H3. The number of likely N-dealkylation sites (tertiary alicyclic amines) is 1. The lowest BCUT2D eigenvalue weighted by Crippen LogP contribution is -2.38. The van der Waals surface area contributed by atoms with E-state index in [1.807, 2.05) is 0 Å². The molecule has 2 atom stereocenters. The Balaban J connectivity index is 1.76. The molecule has 0 aromatic rings. The van der Waals surface area contributed by atoms with Crippen LogP contribution < -0.4 is 5.73 Å². The van der Waals surface area contributed by atoms with E-state index in [2.05, 4.69) is 11.8 Å². The SMILES string of the molecule is CC1CCN(CCC2CC2)C1CN. The normalized spacial score (nSPS) is 35.5. The second-order valence-electron chi connectivity index (χ2n) is 4.84. The molecule has 1 saturated heterocycles. The smallest absolute Gasteiger partial charge is 0.0244 e. The molecule has 1 heterocycles. The van der Waals surface area contributed by atoms with E-state index in [9.17, 15) is 0 Å². The van der Waals surface area contributed by atoms with E-state index < -0.39 is 0 Å². The van der Waals surface area contributed by atoms with Crippen molar-refractivity contribution in [1.29, 1.82) is 0 Å². The van der Waals surface area contributed by atoms with E-state index in [1.165, 1.54) is 38.8 Å². The van der Waals surface area contributed by atoms with Gasteiger partial charge in [-0.25, -0.2) is 0 Å². The van der Waals surface area contributed by atoms with Crippen LogP contribution in [0.4, 0.5) is 0 Å². The number of rotatable bonds is 4. The summed E-state index contributed by atoms with van der Waals surface area (Å²) in [6.07, 6.45) is 5.74. The third kappa shape index (κ3) is 2.23. The van der Waals surface area contributed by atoms with E-state index >= 15 is 0 Å². The minimum Gasteiger partial charge on any atom is -0.329 e. The fraction of sp³-hybridized carbons (Fsp3) is 1.00. The summed E-state index contributed by atoms with van der Waals surface area (Å²) in [7, 11) is 0. The molecule has 1 aliphatic heterocycles. The molecule has 2 heteroatoms. The van der Waals surface area contributed by atoms with Crippen molar-refractivity contribution in [2.45, 2.75) is 38.6 Å². The van der Waals surface area contributed by atoms with Gasteiger partial charge >= 0.3 is 0 Å². The molecule has 0 aromatic heterocycles. The second kappa shape index (κ2) is 3.97. The first kappa shape index (κ1) is 9.47. The molecule has 2 aliphatic rings. The summed E-state index contributed by atoms with van der Waals surface area (Å²) < 4.78 is 0. The van der Waals surface area contributed by atoms with E-state index in [0.717, 1.165) is 18.4 Å². The topological polar surface area (TPSA) is 29.3 Å². The van der Waals surface area contributed by atoms with Gasteiger partial charge in [0, 0.05) is 12.6 Å². The minimum atomic E-state index is 0.679. The first-order valence-corrected chi connectivity index (χ1v) is 5.75. The molecule has 2 nitrogen and oxygen atoms in total. The molecule has 0 aromatic carbocycles. The van der Waals surface area contributed by atoms with Gasteiger partial charge in [-0.15, -0.1) is 0 Å². The molecule has 0 spiro atoms. The van der Waals surface area contributed by atoms with Crippen LogP contribution in [-0.2, 0) is 0 Å². The fourth-order valence-electron chi connectivity index (χ4n) is 2.50. The first-order valence-electron chi connectivity index (χ1n) is 5.75. The highest BCUT2D eigenvalue weighted by atomic mass is 15.2. The maximum atomic E-state index is 5.79. The van der Waals surface area contributed by atoms with Crippen LogP contribution in [0, 0.1) is 11.8 Å². The second-order valence-corrected chi connectivity index (χ2v) is 4.84. The van der Waals surface area contributed by atoms with Gasteiger partial charge in [0.25, 0.3) is 0 Å². The zero-order valence-corrected chi connectivity index (χ0v) is 8.71. The number of hydrogen-bond acceptors (Lipinski definition) is 2. The van der Waals surface area contributed by atoms with Crippen LogP contribution in [0.5, 0.6) is 0 Å². The Hall–Kier alpha value is -0.0800. The van der Waals surface area contributed by atoms with Crippen LogP contribution in [0.25, 0.3) is 0 Å². The van der Waals surface area contributed by atoms with Gasteiger partial charge in [0.15, 0.2) is 0 Å². The van der Waals surface area contributed by atoms with Crippen LogP contribution in [0.2, 0.25) is 0 Å². The highest BCUT2D eigenvalue weighted by Gasteiger charge is 2.31. The summed E-state index contributed by atoms with van der Waals surface area (Å²) >= 11 is 0. The van der Waals surface area contributed by atoms with Gasteiger partial charge < -0.3 is 5.73 Å².